The Morgan fingerprint density at radius 3 is 2.19 bits per heavy atom. The summed E-state index contributed by atoms with van der Waals surface area (Å²) in [7, 11) is 0. The molecule has 0 aromatic heterocycles. The zero-order valence-corrected chi connectivity index (χ0v) is 15.3. The third kappa shape index (κ3) is 17.9. The van der Waals surface area contributed by atoms with Gasteiger partial charge in [-0.1, -0.05) is 55.0 Å². The first-order valence-corrected chi connectivity index (χ1v) is 9.72. The van der Waals surface area contributed by atoms with Crippen molar-refractivity contribution in [1.82, 2.24) is 0 Å². The lowest BCUT2D eigenvalue weighted by atomic mass is 10.1. The fourth-order valence-corrected chi connectivity index (χ4v) is 2.43. The average Bonchev–Trinajstić information content (AvgIpc) is 2.49. The van der Waals surface area contributed by atoms with E-state index in [0.29, 0.717) is 19.6 Å². The molecule has 126 valence electrons. The van der Waals surface area contributed by atoms with E-state index >= 15 is 0 Å². The summed E-state index contributed by atoms with van der Waals surface area (Å²) >= 11 is 3.38. The van der Waals surface area contributed by atoms with E-state index in [9.17, 15) is 4.79 Å². The van der Waals surface area contributed by atoms with Gasteiger partial charge in [0.25, 0.3) is 0 Å². The Morgan fingerprint density at radius 1 is 0.810 bits per heavy atom. The van der Waals surface area contributed by atoms with Gasteiger partial charge < -0.3 is 9.47 Å². The molecule has 0 aliphatic carbocycles. The summed E-state index contributed by atoms with van der Waals surface area (Å²) in [5.74, 6) is -0.0861. The Morgan fingerprint density at radius 2 is 1.43 bits per heavy atom. The quantitative estimate of drug-likeness (QED) is 0.213. The van der Waals surface area contributed by atoms with Gasteiger partial charge in [-0.2, -0.15) is 0 Å². The number of hydrogen-bond donors (Lipinski definition) is 0. The Hall–Kier alpha value is -0.0900. The molecule has 0 amide bonds. The molecule has 3 nitrogen and oxygen atoms in total. The maximum Gasteiger partial charge on any atom is 0.305 e. The SMILES string of the molecule is CCCCCCCCOCCCC(=O)OCCCCCBr. The minimum atomic E-state index is -0.0861. The first-order chi connectivity index (χ1) is 10.3. The molecule has 0 aliphatic rings. The zero-order valence-electron chi connectivity index (χ0n) is 13.7. The van der Waals surface area contributed by atoms with Crippen molar-refractivity contribution in [2.45, 2.75) is 77.6 Å². The molecule has 0 rings (SSSR count). The smallest absolute Gasteiger partial charge is 0.305 e. The lowest BCUT2D eigenvalue weighted by Gasteiger charge is -2.06. The van der Waals surface area contributed by atoms with Crippen LogP contribution in [0.25, 0.3) is 0 Å². The number of esters is 1. The number of carbonyl (C=O) groups excluding carboxylic acids is 1. The first kappa shape index (κ1) is 20.9. The van der Waals surface area contributed by atoms with Crippen molar-refractivity contribution in [1.29, 1.82) is 0 Å². The van der Waals surface area contributed by atoms with Crippen LogP contribution >= 0.6 is 15.9 Å². The van der Waals surface area contributed by atoms with Gasteiger partial charge in [-0.3, -0.25) is 4.79 Å². The topological polar surface area (TPSA) is 35.5 Å². The van der Waals surface area contributed by atoms with Gasteiger partial charge in [0.1, 0.15) is 0 Å². The molecule has 0 atom stereocenters. The second-order valence-electron chi connectivity index (χ2n) is 5.45. The molecule has 0 heterocycles. The normalized spacial score (nSPS) is 10.8. The summed E-state index contributed by atoms with van der Waals surface area (Å²) in [6, 6.07) is 0. The van der Waals surface area contributed by atoms with Crippen molar-refractivity contribution >= 4 is 21.9 Å². The van der Waals surface area contributed by atoms with Crippen molar-refractivity contribution in [3.63, 3.8) is 0 Å². The number of unbranched alkanes of at least 4 members (excludes halogenated alkanes) is 7. The Kier molecular flexibility index (Phi) is 17.9. The molecule has 0 unspecified atom stereocenters. The number of halogens is 1. The summed E-state index contributed by atoms with van der Waals surface area (Å²) in [6.07, 6.45) is 12.2. The fraction of sp³-hybridized carbons (Fsp3) is 0.941. The van der Waals surface area contributed by atoms with Crippen LogP contribution in [0.1, 0.15) is 77.6 Å². The van der Waals surface area contributed by atoms with E-state index in [2.05, 4.69) is 22.9 Å². The van der Waals surface area contributed by atoms with Gasteiger partial charge in [0, 0.05) is 25.0 Å². The number of ether oxygens (including phenoxy) is 2. The zero-order chi connectivity index (χ0) is 15.6. The van der Waals surface area contributed by atoms with E-state index < -0.39 is 0 Å². The second-order valence-corrected chi connectivity index (χ2v) is 6.25. The molecule has 0 aromatic rings. The van der Waals surface area contributed by atoms with Crippen LogP contribution in [0.4, 0.5) is 0 Å². The number of alkyl halides is 1. The van der Waals surface area contributed by atoms with Crippen LogP contribution in [0.3, 0.4) is 0 Å². The highest BCUT2D eigenvalue weighted by molar-refractivity contribution is 9.09. The van der Waals surface area contributed by atoms with Crippen LogP contribution < -0.4 is 0 Å². The van der Waals surface area contributed by atoms with Crippen molar-refractivity contribution in [3.8, 4) is 0 Å². The van der Waals surface area contributed by atoms with Crippen LogP contribution in [0.15, 0.2) is 0 Å². The average molecular weight is 365 g/mol. The molecule has 21 heavy (non-hydrogen) atoms. The number of hydrogen-bond acceptors (Lipinski definition) is 3. The van der Waals surface area contributed by atoms with E-state index in [-0.39, 0.29) is 5.97 Å². The summed E-state index contributed by atoms with van der Waals surface area (Å²) < 4.78 is 10.7. The predicted octanol–water partition coefficient (Wildman–Crippen LogP) is 5.25. The molecule has 0 N–H and O–H groups in total. The second kappa shape index (κ2) is 18.0. The van der Waals surface area contributed by atoms with E-state index in [1.54, 1.807) is 0 Å². The lowest BCUT2D eigenvalue weighted by molar-refractivity contribution is -0.144. The largest absolute Gasteiger partial charge is 0.466 e. The van der Waals surface area contributed by atoms with Gasteiger partial charge in [-0.15, -0.1) is 0 Å². The third-order valence-corrected chi connectivity index (χ3v) is 3.91. The van der Waals surface area contributed by atoms with Crippen LogP contribution in [-0.2, 0) is 14.3 Å². The number of rotatable bonds is 16. The van der Waals surface area contributed by atoms with Gasteiger partial charge >= 0.3 is 5.97 Å². The standard InChI is InChI=1S/C17H33BrO3/c1-2-3-4-5-6-9-14-20-15-11-12-17(19)21-16-10-7-8-13-18/h2-16H2,1H3. The predicted molar refractivity (Wildman–Crippen MR) is 92.0 cm³/mol. The van der Waals surface area contributed by atoms with Crippen LogP contribution in [0.5, 0.6) is 0 Å². The highest BCUT2D eigenvalue weighted by Crippen LogP contribution is 2.05. The van der Waals surface area contributed by atoms with Crippen molar-refractivity contribution in [2.24, 2.45) is 0 Å². The first-order valence-electron chi connectivity index (χ1n) is 8.60. The van der Waals surface area contributed by atoms with Gasteiger partial charge in [-0.25, -0.2) is 0 Å². The third-order valence-electron chi connectivity index (χ3n) is 3.35. The minimum Gasteiger partial charge on any atom is -0.466 e. The van der Waals surface area contributed by atoms with Crippen molar-refractivity contribution in [2.75, 3.05) is 25.2 Å². The summed E-state index contributed by atoms with van der Waals surface area (Å²) in [4.78, 5) is 11.4. The molecular formula is C17H33BrO3. The Labute approximate surface area is 139 Å². The van der Waals surface area contributed by atoms with E-state index in [1.165, 1.54) is 32.1 Å². The molecule has 0 spiro atoms. The van der Waals surface area contributed by atoms with Gasteiger partial charge in [-0.05, 0) is 32.1 Å². The van der Waals surface area contributed by atoms with Crippen LogP contribution in [0, 0.1) is 0 Å². The molecule has 0 fully saturated rings. The highest BCUT2D eigenvalue weighted by Gasteiger charge is 2.02. The van der Waals surface area contributed by atoms with E-state index in [1.807, 2.05) is 0 Å². The van der Waals surface area contributed by atoms with E-state index in [0.717, 1.165) is 44.0 Å². The van der Waals surface area contributed by atoms with Gasteiger partial charge in [0.05, 0.1) is 6.61 Å². The number of carbonyl (C=O) groups is 1. The molecule has 0 aliphatic heterocycles. The summed E-state index contributed by atoms with van der Waals surface area (Å²) in [5.41, 5.74) is 0. The van der Waals surface area contributed by atoms with Gasteiger partial charge in [0.15, 0.2) is 0 Å². The molecule has 4 heteroatoms. The minimum absolute atomic E-state index is 0.0861. The highest BCUT2D eigenvalue weighted by atomic mass is 79.9. The Balaban J connectivity index is 3.11. The summed E-state index contributed by atoms with van der Waals surface area (Å²) in [6.45, 7) is 4.29. The van der Waals surface area contributed by atoms with E-state index in [4.69, 9.17) is 9.47 Å². The molecule has 0 saturated carbocycles. The fourth-order valence-electron chi connectivity index (χ4n) is 2.04. The van der Waals surface area contributed by atoms with Crippen LogP contribution in [-0.4, -0.2) is 31.1 Å². The van der Waals surface area contributed by atoms with Crippen molar-refractivity contribution in [3.05, 3.63) is 0 Å². The molecular weight excluding hydrogens is 332 g/mol. The molecule has 0 bridgehead atoms. The Bertz CT molecular complexity index is 222. The maximum absolute atomic E-state index is 11.4. The van der Waals surface area contributed by atoms with Crippen LogP contribution in [0.2, 0.25) is 0 Å². The maximum atomic E-state index is 11.4. The molecule has 0 saturated heterocycles. The van der Waals surface area contributed by atoms with Gasteiger partial charge in [0.2, 0.25) is 0 Å². The molecule has 0 aromatic carbocycles. The van der Waals surface area contributed by atoms with Crippen molar-refractivity contribution < 1.29 is 14.3 Å². The summed E-state index contributed by atoms with van der Waals surface area (Å²) in [5, 5.41) is 1.02. The monoisotopic (exact) mass is 364 g/mol. The lowest BCUT2D eigenvalue weighted by Crippen LogP contribution is -2.07. The molecule has 0 radical (unpaired) electrons.